The standard InChI is InChI=1S/C37H59NO41S3/c1-7(42)38-13-25(73-34-20(50)17(47)18(48)29(77-34)31(54)55)15(45)11(5-67-80(58,59)60)71-33(13)75-27-19(49)21(51)35(78-30(27)32(56)57)76-28-23(53)37(70-10(4-41)24(28)79-82(64,65)66)74-26-16(46)12(6-68-81(61,62)63)72-36(22(26)52)69-9(3-40)14(44)8(43)2-39/h8-17,19-28,30,33-37,39-41,43-53H,2-6H2,1H3,(H,38,42)(H,54,55)(H,56,57)(H,58,59,60)(H,61,62,63)(H,64,65,66)/t8-,9+,10+,11+,12+,13+,14+,15-,16-,17-,19+,20+,21+,22+,23+,24-,25+,26-,27-,28+,30-,33-,34+,35+,36+,37-/m0/s1. The molecule has 4 saturated heterocycles. The topological polar surface area (TPSA) is 670 Å². The zero-order valence-electron chi connectivity index (χ0n) is 41.2. The number of aliphatic hydroxyl groups excluding tert-OH is 14. The summed E-state index contributed by atoms with van der Waals surface area (Å²) in [5.74, 6) is -8.30. The molecule has 4 fully saturated rings. The van der Waals surface area contributed by atoms with Crippen LogP contribution in [0, 0.1) is 0 Å². The number of aliphatic hydroxyl groups is 14. The highest BCUT2D eigenvalue weighted by atomic mass is 32.3. The molecule has 42 nitrogen and oxygen atoms in total. The largest absolute Gasteiger partial charge is 0.506 e. The number of hydrogen-bond acceptors (Lipinski definition) is 36. The number of carbonyl (C=O) groups is 3. The van der Waals surface area contributed by atoms with Gasteiger partial charge in [0.25, 0.3) is 0 Å². The van der Waals surface area contributed by atoms with Crippen molar-refractivity contribution in [2.24, 2.45) is 0 Å². The summed E-state index contributed by atoms with van der Waals surface area (Å²) in [5, 5.41) is 172. The second-order valence-electron chi connectivity index (χ2n) is 18.1. The highest BCUT2D eigenvalue weighted by molar-refractivity contribution is 7.81. The first kappa shape index (κ1) is 69.3. The number of amides is 1. The van der Waals surface area contributed by atoms with E-state index in [1.807, 2.05) is 0 Å². The molecule has 5 rings (SSSR count). The van der Waals surface area contributed by atoms with E-state index in [1.54, 1.807) is 0 Å². The molecule has 0 radical (unpaired) electrons. The predicted molar refractivity (Wildman–Crippen MR) is 239 cm³/mol. The average Bonchev–Trinajstić information content (AvgIpc) is 3.36. The molecule has 476 valence electrons. The van der Waals surface area contributed by atoms with Crippen molar-refractivity contribution in [1.29, 1.82) is 0 Å². The van der Waals surface area contributed by atoms with Crippen LogP contribution >= 0.6 is 0 Å². The third-order valence-electron chi connectivity index (χ3n) is 12.4. The Morgan fingerprint density at radius 3 is 1.57 bits per heavy atom. The summed E-state index contributed by atoms with van der Waals surface area (Å²) in [6.07, 6.45) is -61.7. The molecule has 20 N–H and O–H groups in total. The Bertz CT molecular complexity index is 2540. The Morgan fingerprint density at radius 2 is 1.07 bits per heavy atom. The second kappa shape index (κ2) is 28.3. The third-order valence-corrected chi connectivity index (χ3v) is 13.8. The summed E-state index contributed by atoms with van der Waals surface area (Å²) >= 11 is 0. The van der Waals surface area contributed by atoms with E-state index in [9.17, 15) is 135 Å². The number of nitrogens with one attached hydrogen (secondary N) is 1. The van der Waals surface area contributed by atoms with Crippen LogP contribution in [0.15, 0.2) is 11.5 Å². The van der Waals surface area contributed by atoms with E-state index in [4.69, 9.17) is 47.4 Å². The van der Waals surface area contributed by atoms with E-state index in [0.717, 1.165) is 6.92 Å². The van der Waals surface area contributed by atoms with E-state index in [-0.39, 0.29) is 0 Å². The molecular weight excluding hydrogens is 1210 g/mol. The van der Waals surface area contributed by atoms with Crippen molar-refractivity contribution in [2.45, 2.75) is 166 Å². The van der Waals surface area contributed by atoms with Crippen LogP contribution < -0.4 is 5.32 Å². The number of carboxylic acids is 2. The quantitative estimate of drug-likeness (QED) is 0.0358. The van der Waals surface area contributed by atoms with Crippen molar-refractivity contribution >= 4 is 49.0 Å². The summed E-state index contributed by atoms with van der Waals surface area (Å²) in [7, 11) is -16.6. The van der Waals surface area contributed by atoms with Gasteiger partial charge in [-0.3, -0.25) is 18.5 Å². The molecule has 82 heavy (non-hydrogen) atoms. The maximum atomic E-state index is 12.9. The normalized spacial score (nSPS) is 39.8. The molecule has 0 aromatic carbocycles. The lowest BCUT2D eigenvalue weighted by atomic mass is 9.94. The zero-order valence-corrected chi connectivity index (χ0v) is 43.7. The van der Waals surface area contributed by atoms with Gasteiger partial charge in [-0.15, -0.1) is 0 Å². The summed E-state index contributed by atoms with van der Waals surface area (Å²) in [4.78, 5) is 37.3. The molecule has 0 bridgehead atoms. The van der Waals surface area contributed by atoms with E-state index in [0.29, 0.717) is 0 Å². The summed E-state index contributed by atoms with van der Waals surface area (Å²) in [6, 6.07) is -2.19. The first-order chi connectivity index (χ1) is 37.9. The van der Waals surface area contributed by atoms with E-state index >= 15 is 0 Å². The van der Waals surface area contributed by atoms with Crippen molar-refractivity contribution in [3.8, 4) is 0 Å². The minimum absolute atomic E-state index is 0.783. The Balaban J connectivity index is 1.49. The van der Waals surface area contributed by atoms with Gasteiger partial charge in [0.1, 0.15) is 122 Å². The van der Waals surface area contributed by atoms with Crippen molar-refractivity contribution < 1.29 is 195 Å². The van der Waals surface area contributed by atoms with E-state index in [1.165, 1.54) is 0 Å². The van der Waals surface area contributed by atoms with Gasteiger partial charge in [-0.1, -0.05) is 0 Å². The minimum atomic E-state index is -5.79. The van der Waals surface area contributed by atoms with Crippen LogP contribution in [-0.2, 0) is 105 Å². The molecule has 0 spiro atoms. The van der Waals surface area contributed by atoms with Crippen LogP contribution in [0.25, 0.3) is 0 Å². The number of ether oxygens (including phenoxy) is 10. The van der Waals surface area contributed by atoms with E-state index in [2.05, 4.69) is 17.9 Å². The zero-order chi connectivity index (χ0) is 61.8. The van der Waals surface area contributed by atoms with Crippen molar-refractivity contribution in [2.75, 3.05) is 33.0 Å². The Hall–Kier alpha value is -3.52. The molecule has 5 aliphatic heterocycles. The van der Waals surface area contributed by atoms with Gasteiger partial charge in [-0.2, -0.15) is 25.3 Å². The molecule has 0 unspecified atom stereocenters. The lowest BCUT2D eigenvalue weighted by Crippen LogP contribution is -2.70. The SMILES string of the molecule is CC(=O)N[C@H]1[C@H](O[C@H]2[C@H](O)[C@@H](O)[C@H](O[C@@H]3[C@@H](O)[C@H](O[C@H]4[C@@H](O)[C@@H](COS(=O)(=O)O)O[C@@H](O[C@H](CO)[C@H](O)[C@@H](O)CO)[C@@H]4O)O[C@H](CO)[C@@H]3OS(=O)(=O)O)O[C@@H]2C(=O)O)O[C@H](COS(=O)(=O)O)[C@H](O)[C@@H]1O[C@@H]1OC(C(=O)O)=C(O)[C@H](O)[C@H]1O. The van der Waals surface area contributed by atoms with Crippen LogP contribution in [0.3, 0.4) is 0 Å². The Morgan fingerprint density at radius 1 is 0.573 bits per heavy atom. The number of aliphatic carboxylic acids is 2. The van der Waals surface area contributed by atoms with Gasteiger partial charge in [0.05, 0.1) is 33.0 Å². The molecular formula is C37H59NO41S3. The highest BCUT2D eigenvalue weighted by Crippen LogP contribution is 2.38. The van der Waals surface area contributed by atoms with Gasteiger partial charge in [-0.05, 0) is 0 Å². The molecule has 0 aliphatic carbocycles. The van der Waals surface area contributed by atoms with Crippen molar-refractivity contribution in [3.63, 3.8) is 0 Å². The van der Waals surface area contributed by atoms with Crippen LogP contribution in [0.4, 0.5) is 0 Å². The van der Waals surface area contributed by atoms with E-state index < -0.39 is 253 Å². The smallest absolute Gasteiger partial charge is 0.397 e. The minimum Gasteiger partial charge on any atom is -0.506 e. The average molecular weight is 1270 g/mol. The number of carboxylic acid groups (broad SMARTS) is 2. The molecule has 0 aromatic heterocycles. The van der Waals surface area contributed by atoms with Crippen molar-refractivity contribution in [1.82, 2.24) is 5.32 Å². The third kappa shape index (κ3) is 17.1. The van der Waals surface area contributed by atoms with Gasteiger partial charge < -0.3 is 134 Å². The molecule has 1 amide bonds. The second-order valence-corrected chi connectivity index (χ2v) is 21.3. The van der Waals surface area contributed by atoms with Gasteiger partial charge in [0.15, 0.2) is 37.0 Å². The fraction of sp³-hybridized carbons (Fsp3) is 0.865. The molecule has 26 atom stereocenters. The van der Waals surface area contributed by atoms with Crippen LogP contribution in [-0.4, -0.2) is 331 Å². The summed E-state index contributed by atoms with van der Waals surface area (Å²) in [5.41, 5.74) is 0. The highest BCUT2D eigenvalue weighted by Gasteiger charge is 2.59. The summed E-state index contributed by atoms with van der Waals surface area (Å²) < 4.78 is 166. The fourth-order valence-electron chi connectivity index (χ4n) is 8.54. The number of rotatable bonds is 26. The molecule has 0 saturated carbocycles. The fourth-order valence-corrected chi connectivity index (χ4v) is 9.67. The predicted octanol–water partition coefficient (Wildman–Crippen LogP) is -13.0. The van der Waals surface area contributed by atoms with Gasteiger partial charge in [0.2, 0.25) is 18.0 Å². The van der Waals surface area contributed by atoms with Crippen molar-refractivity contribution in [3.05, 3.63) is 11.5 Å². The number of carbonyl (C=O) groups excluding carboxylic acids is 1. The molecule has 0 aromatic rings. The van der Waals surface area contributed by atoms with Gasteiger partial charge in [0, 0.05) is 6.92 Å². The molecule has 45 heteroatoms. The van der Waals surface area contributed by atoms with Gasteiger partial charge >= 0.3 is 43.1 Å². The molecule has 5 heterocycles. The maximum Gasteiger partial charge on any atom is 0.397 e. The monoisotopic (exact) mass is 1270 g/mol. The first-order valence-electron chi connectivity index (χ1n) is 23.2. The van der Waals surface area contributed by atoms with Crippen LogP contribution in [0.1, 0.15) is 6.92 Å². The maximum absolute atomic E-state index is 12.9. The van der Waals surface area contributed by atoms with Crippen LogP contribution in [0.5, 0.6) is 0 Å². The van der Waals surface area contributed by atoms with Gasteiger partial charge in [-0.25, -0.2) is 22.1 Å². The molecule has 5 aliphatic rings. The lowest BCUT2D eigenvalue weighted by Gasteiger charge is -2.50. The number of hydrogen-bond donors (Lipinski definition) is 20. The lowest BCUT2D eigenvalue weighted by molar-refractivity contribution is -0.386. The first-order valence-corrected chi connectivity index (χ1v) is 27.3. The Kier molecular flexibility index (Phi) is 23.9. The van der Waals surface area contributed by atoms with Crippen LogP contribution in [0.2, 0.25) is 0 Å². The Labute approximate surface area is 459 Å². The summed E-state index contributed by atoms with van der Waals surface area (Å²) in [6.45, 7) is -5.90.